The van der Waals surface area contributed by atoms with Gasteiger partial charge in [0.25, 0.3) is 0 Å². The second-order valence-electron chi connectivity index (χ2n) is 4.74. The largest absolute Gasteiger partial charge is 0.397 e. The summed E-state index contributed by atoms with van der Waals surface area (Å²) in [6.07, 6.45) is 1.71. The maximum Gasteiger partial charge on any atom is 0.131 e. The summed E-state index contributed by atoms with van der Waals surface area (Å²) in [6.45, 7) is 8.98. The number of hydrogen-bond donors (Lipinski definition) is 1. The van der Waals surface area contributed by atoms with Crippen molar-refractivity contribution in [2.45, 2.75) is 20.8 Å². The molecule has 0 radical (unpaired) electrons. The third-order valence-corrected chi connectivity index (χ3v) is 2.52. The molecule has 0 aliphatic heterocycles. The van der Waals surface area contributed by atoms with Crippen LogP contribution in [0.4, 0.5) is 11.5 Å². The number of anilines is 2. The first-order valence-electron chi connectivity index (χ1n) is 6.00. The van der Waals surface area contributed by atoms with Gasteiger partial charge in [-0.2, -0.15) is 0 Å². The summed E-state index contributed by atoms with van der Waals surface area (Å²) in [5.41, 5.74) is 7.55. The average molecular weight is 237 g/mol. The minimum absolute atomic E-state index is 0.589. The molecule has 4 nitrogen and oxygen atoms in total. The Morgan fingerprint density at radius 3 is 2.71 bits per heavy atom. The van der Waals surface area contributed by atoms with E-state index in [2.05, 4.69) is 23.7 Å². The van der Waals surface area contributed by atoms with Gasteiger partial charge in [-0.1, -0.05) is 13.8 Å². The van der Waals surface area contributed by atoms with Gasteiger partial charge in [0.15, 0.2) is 0 Å². The fraction of sp³-hybridized carbons (Fsp3) is 0.615. The Morgan fingerprint density at radius 1 is 1.47 bits per heavy atom. The first-order valence-corrected chi connectivity index (χ1v) is 6.00. The third-order valence-electron chi connectivity index (χ3n) is 2.52. The van der Waals surface area contributed by atoms with E-state index in [9.17, 15) is 0 Å². The van der Waals surface area contributed by atoms with Crippen LogP contribution in [0.5, 0.6) is 0 Å². The monoisotopic (exact) mass is 237 g/mol. The fourth-order valence-electron chi connectivity index (χ4n) is 1.85. The number of rotatable bonds is 6. The summed E-state index contributed by atoms with van der Waals surface area (Å²) >= 11 is 0. The smallest absolute Gasteiger partial charge is 0.131 e. The van der Waals surface area contributed by atoms with Crippen LogP contribution in [0.25, 0.3) is 0 Å². The van der Waals surface area contributed by atoms with Gasteiger partial charge in [0, 0.05) is 20.2 Å². The molecule has 0 spiro atoms. The van der Waals surface area contributed by atoms with Gasteiger partial charge < -0.3 is 15.4 Å². The maximum absolute atomic E-state index is 5.72. The molecule has 0 fully saturated rings. The van der Waals surface area contributed by atoms with Crippen LogP contribution in [-0.4, -0.2) is 31.8 Å². The number of nitrogen functional groups attached to an aromatic ring is 1. The van der Waals surface area contributed by atoms with Crippen molar-refractivity contribution in [3.8, 4) is 0 Å². The quantitative estimate of drug-likeness (QED) is 0.823. The lowest BCUT2D eigenvalue weighted by atomic mass is 10.2. The van der Waals surface area contributed by atoms with Gasteiger partial charge in [-0.25, -0.2) is 4.98 Å². The molecule has 0 aromatic carbocycles. The van der Waals surface area contributed by atoms with Gasteiger partial charge in [0.2, 0.25) is 0 Å². The van der Waals surface area contributed by atoms with Crippen molar-refractivity contribution in [1.29, 1.82) is 0 Å². The molecule has 2 N–H and O–H groups in total. The Balaban J connectivity index is 2.86. The minimum atomic E-state index is 0.589. The molecule has 17 heavy (non-hydrogen) atoms. The van der Waals surface area contributed by atoms with E-state index in [1.165, 1.54) is 0 Å². The molecule has 0 unspecified atom stereocenters. The second-order valence-corrected chi connectivity index (χ2v) is 4.74. The molecule has 4 heteroatoms. The van der Waals surface area contributed by atoms with E-state index in [1.807, 2.05) is 13.0 Å². The van der Waals surface area contributed by atoms with Crippen molar-refractivity contribution in [3.05, 3.63) is 17.8 Å². The molecule has 0 aliphatic rings. The summed E-state index contributed by atoms with van der Waals surface area (Å²) < 4.78 is 5.14. The van der Waals surface area contributed by atoms with Crippen LogP contribution in [0.15, 0.2) is 12.3 Å². The lowest BCUT2D eigenvalue weighted by Gasteiger charge is -2.26. The van der Waals surface area contributed by atoms with Crippen LogP contribution >= 0.6 is 0 Å². The molecule has 0 saturated carbocycles. The minimum Gasteiger partial charge on any atom is -0.397 e. The van der Waals surface area contributed by atoms with Crippen molar-refractivity contribution in [3.63, 3.8) is 0 Å². The molecule has 0 amide bonds. The van der Waals surface area contributed by atoms with Crippen LogP contribution in [0.2, 0.25) is 0 Å². The first-order chi connectivity index (χ1) is 8.04. The Hall–Kier alpha value is -1.29. The van der Waals surface area contributed by atoms with Gasteiger partial charge in [-0.3, -0.25) is 0 Å². The third kappa shape index (κ3) is 4.23. The van der Waals surface area contributed by atoms with Crippen molar-refractivity contribution >= 4 is 11.5 Å². The van der Waals surface area contributed by atoms with Gasteiger partial charge in [0.05, 0.1) is 18.5 Å². The number of pyridine rings is 1. The summed E-state index contributed by atoms with van der Waals surface area (Å²) in [5, 5.41) is 0. The highest BCUT2D eigenvalue weighted by molar-refractivity contribution is 5.52. The normalized spacial score (nSPS) is 10.9. The molecular weight excluding hydrogens is 214 g/mol. The summed E-state index contributed by atoms with van der Waals surface area (Å²) in [6, 6.07) is 1.96. The number of aromatic nitrogens is 1. The second kappa shape index (κ2) is 6.45. The zero-order chi connectivity index (χ0) is 12.8. The molecule has 1 aromatic heterocycles. The topological polar surface area (TPSA) is 51.4 Å². The Kier molecular flexibility index (Phi) is 5.22. The van der Waals surface area contributed by atoms with Crippen LogP contribution in [0.3, 0.4) is 0 Å². The van der Waals surface area contributed by atoms with Gasteiger partial charge >= 0.3 is 0 Å². The molecule has 0 saturated heterocycles. The number of nitrogens with two attached hydrogens (primary N) is 1. The number of methoxy groups -OCH3 is 1. The highest BCUT2D eigenvalue weighted by Gasteiger charge is 2.12. The molecule has 1 aromatic rings. The van der Waals surface area contributed by atoms with E-state index in [1.54, 1.807) is 13.3 Å². The molecule has 1 rings (SSSR count). The lowest BCUT2D eigenvalue weighted by molar-refractivity contribution is 0.204. The van der Waals surface area contributed by atoms with E-state index in [-0.39, 0.29) is 0 Å². The predicted molar refractivity (Wildman–Crippen MR) is 72.3 cm³/mol. The van der Waals surface area contributed by atoms with E-state index >= 15 is 0 Å². The standard InChI is InChI=1S/C13H23N3O/c1-10(2)9-16(5-6-17-4)13-11(3)7-12(14)8-15-13/h7-8,10H,5-6,9,14H2,1-4H3. The summed E-state index contributed by atoms with van der Waals surface area (Å²) in [5.74, 6) is 1.59. The molecule has 0 atom stereocenters. The maximum atomic E-state index is 5.72. The summed E-state index contributed by atoms with van der Waals surface area (Å²) in [4.78, 5) is 6.68. The molecule has 0 aliphatic carbocycles. The first kappa shape index (κ1) is 13.8. The van der Waals surface area contributed by atoms with E-state index in [0.29, 0.717) is 18.2 Å². The van der Waals surface area contributed by atoms with E-state index in [4.69, 9.17) is 10.5 Å². The Morgan fingerprint density at radius 2 is 2.18 bits per heavy atom. The SMILES string of the molecule is COCCN(CC(C)C)c1ncc(N)cc1C. The van der Waals surface area contributed by atoms with Crippen molar-refractivity contribution < 1.29 is 4.74 Å². The lowest BCUT2D eigenvalue weighted by Crippen LogP contribution is -2.32. The fourth-order valence-corrected chi connectivity index (χ4v) is 1.85. The predicted octanol–water partition coefficient (Wildman–Crippen LogP) is 2.08. The van der Waals surface area contributed by atoms with Gasteiger partial charge in [0.1, 0.15) is 5.82 Å². The molecular formula is C13H23N3O. The number of hydrogen-bond acceptors (Lipinski definition) is 4. The molecule has 96 valence electrons. The van der Waals surface area contributed by atoms with Crippen molar-refractivity contribution in [2.75, 3.05) is 37.4 Å². The highest BCUT2D eigenvalue weighted by Crippen LogP contribution is 2.19. The van der Waals surface area contributed by atoms with Crippen LogP contribution in [-0.2, 0) is 4.74 Å². The Labute approximate surface area is 104 Å². The highest BCUT2D eigenvalue weighted by atomic mass is 16.5. The van der Waals surface area contributed by atoms with E-state index < -0.39 is 0 Å². The van der Waals surface area contributed by atoms with Crippen molar-refractivity contribution in [1.82, 2.24) is 4.98 Å². The average Bonchev–Trinajstić information content (AvgIpc) is 2.24. The van der Waals surface area contributed by atoms with Crippen LogP contribution in [0, 0.1) is 12.8 Å². The zero-order valence-electron chi connectivity index (χ0n) is 11.2. The van der Waals surface area contributed by atoms with Gasteiger partial charge in [-0.05, 0) is 24.5 Å². The molecule has 1 heterocycles. The zero-order valence-corrected chi connectivity index (χ0v) is 11.2. The van der Waals surface area contributed by atoms with E-state index in [0.717, 1.165) is 24.5 Å². The Bertz CT molecular complexity index is 353. The number of aryl methyl sites for hydroxylation is 1. The molecule has 0 bridgehead atoms. The number of ether oxygens (including phenoxy) is 1. The van der Waals surface area contributed by atoms with Gasteiger partial charge in [-0.15, -0.1) is 0 Å². The van der Waals surface area contributed by atoms with Crippen molar-refractivity contribution in [2.24, 2.45) is 5.92 Å². The van der Waals surface area contributed by atoms with Crippen LogP contribution in [0.1, 0.15) is 19.4 Å². The van der Waals surface area contributed by atoms with Crippen LogP contribution < -0.4 is 10.6 Å². The summed E-state index contributed by atoms with van der Waals surface area (Å²) in [7, 11) is 1.72. The number of nitrogens with zero attached hydrogens (tertiary/aromatic N) is 2.